The summed E-state index contributed by atoms with van der Waals surface area (Å²) >= 11 is 0. The van der Waals surface area contributed by atoms with Gasteiger partial charge in [0.15, 0.2) is 0 Å². The smallest absolute Gasteiger partial charge is 0.124 e. The van der Waals surface area contributed by atoms with Crippen LogP contribution in [-0.4, -0.2) is 18.3 Å². The van der Waals surface area contributed by atoms with Gasteiger partial charge in [-0.05, 0) is 24.1 Å². The number of rotatable bonds is 6. The Kier molecular flexibility index (Phi) is 5.46. The molecule has 2 aromatic carbocycles. The van der Waals surface area contributed by atoms with E-state index >= 15 is 0 Å². The van der Waals surface area contributed by atoms with Crippen LogP contribution in [0, 0.1) is 0 Å². The van der Waals surface area contributed by atoms with Crippen LogP contribution in [0.2, 0.25) is 0 Å². The quantitative estimate of drug-likeness (QED) is 0.804. The second kappa shape index (κ2) is 7.95. The lowest BCUT2D eigenvalue weighted by molar-refractivity contribution is -0.125. The third kappa shape index (κ3) is 4.44. The van der Waals surface area contributed by atoms with Gasteiger partial charge in [0.2, 0.25) is 0 Å². The van der Waals surface area contributed by atoms with Crippen molar-refractivity contribution in [2.45, 2.75) is 38.4 Å². The van der Waals surface area contributed by atoms with Gasteiger partial charge in [0, 0.05) is 0 Å². The molecule has 2 aromatic rings. The second-order valence-electron chi connectivity index (χ2n) is 5.69. The molecule has 0 radical (unpaired) electrons. The van der Waals surface area contributed by atoms with Crippen molar-refractivity contribution >= 4 is 0 Å². The monoisotopic (exact) mass is 310 g/mol. The van der Waals surface area contributed by atoms with Gasteiger partial charge in [0.1, 0.15) is 18.3 Å². The lowest BCUT2D eigenvalue weighted by Gasteiger charge is -2.32. The largest absolute Gasteiger partial charge is 0.496 e. The SMILES string of the molecule is C[C@H]1OC=C[C@@H](OCc2ccccc2)[C@@H]1OCc1ccccc1. The van der Waals surface area contributed by atoms with Crippen LogP contribution in [0.1, 0.15) is 18.1 Å². The van der Waals surface area contributed by atoms with Crippen molar-refractivity contribution in [2.24, 2.45) is 0 Å². The summed E-state index contributed by atoms with van der Waals surface area (Å²) in [5.41, 5.74) is 2.30. The molecule has 0 unspecified atom stereocenters. The maximum Gasteiger partial charge on any atom is 0.124 e. The summed E-state index contributed by atoms with van der Waals surface area (Å²) in [6, 6.07) is 20.3. The molecule has 0 saturated heterocycles. The Morgan fingerprint density at radius 3 is 2.00 bits per heavy atom. The molecule has 23 heavy (non-hydrogen) atoms. The van der Waals surface area contributed by atoms with Crippen molar-refractivity contribution in [2.75, 3.05) is 0 Å². The summed E-state index contributed by atoms with van der Waals surface area (Å²) in [6.45, 7) is 3.13. The molecular formula is C20H22O3. The zero-order valence-corrected chi connectivity index (χ0v) is 13.3. The first-order valence-corrected chi connectivity index (χ1v) is 7.96. The van der Waals surface area contributed by atoms with E-state index in [0.29, 0.717) is 13.2 Å². The first-order chi connectivity index (χ1) is 11.3. The minimum absolute atomic E-state index is 0.0375. The van der Waals surface area contributed by atoms with Gasteiger partial charge in [-0.15, -0.1) is 0 Å². The minimum atomic E-state index is -0.121. The third-order valence-corrected chi connectivity index (χ3v) is 3.92. The predicted octanol–water partition coefficient (Wildman–Crippen LogP) is 4.09. The van der Waals surface area contributed by atoms with Gasteiger partial charge in [0.05, 0.1) is 19.5 Å². The Morgan fingerprint density at radius 2 is 1.39 bits per heavy atom. The first-order valence-electron chi connectivity index (χ1n) is 7.96. The standard InChI is InChI=1S/C20H22O3/c1-16-20(23-15-18-10-6-3-7-11-18)19(12-13-21-16)22-14-17-8-4-2-5-9-17/h2-13,16,19-20H,14-15H2,1H3/t16-,19-,20-/m1/s1. The van der Waals surface area contributed by atoms with Crippen molar-refractivity contribution in [1.29, 1.82) is 0 Å². The third-order valence-electron chi connectivity index (χ3n) is 3.92. The molecule has 3 nitrogen and oxygen atoms in total. The highest BCUT2D eigenvalue weighted by Gasteiger charge is 2.30. The van der Waals surface area contributed by atoms with Gasteiger partial charge >= 0.3 is 0 Å². The Bertz CT molecular complexity index is 609. The number of ether oxygens (including phenoxy) is 3. The van der Waals surface area contributed by atoms with Gasteiger partial charge in [0.25, 0.3) is 0 Å². The molecule has 0 N–H and O–H groups in total. The summed E-state index contributed by atoms with van der Waals surface area (Å²) < 4.78 is 17.7. The van der Waals surface area contributed by atoms with Crippen LogP contribution in [0.3, 0.4) is 0 Å². The fourth-order valence-electron chi connectivity index (χ4n) is 2.61. The summed E-state index contributed by atoms with van der Waals surface area (Å²) in [6.07, 6.45) is 3.37. The lowest BCUT2D eigenvalue weighted by atomic mass is 10.1. The van der Waals surface area contributed by atoms with Gasteiger partial charge < -0.3 is 14.2 Å². The van der Waals surface area contributed by atoms with Gasteiger partial charge in [-0.3, -0.25) is 0 Å². The molecule has 0 aromatic heterocycles. The molecular weight excluding hydrogens is 288 g/mol. The van der Waals surface area contributed by atoms with Crippen LogP contribution in [0.4, 0.5) is 0 Å². The lowest BCUT2D eigenvalue weighted by Crippen LogP contribution is -2.42. The molecule has 0 spiro atoms. The van der Waals surface area contributed by atoms with Crippen molar-refractivity contribution < 1.29 is 14.2 Å². The van der Waals surface area contributed by atoms with Gasteiger partial charge in [-0.25, -0.2) is 0 Å². The highest BCUT2D eigenvalue weighted by molar-refractivity contribution is 5.15. The second-order valence-corrected chi connectivity index (χ2v) is 5.69. The van der Waals surface area contributed by atoms with Crippen LogP contribution in [0.25, 0.3) is 0 Å². The summed E-state index contributed by atoms with van der Waals surface area (Å²) in [7, 11) is 0. The van der Waals surface area contributed by atoms with Crippen LogP contribution in [0.5, 0.6) is 0 Å². The maximum atomic E-state index is 6.08. The Hall–Kier alpha value is -2.10. The van der Waals surface area contributed by atoms with E-state index in [9.17, 15) is 0 Å². The van der Waals surface area contributed by atoms with Gasteiger partial charge in [-0.2, -0.15) is 0 Å². The molecule has 0 bridgehead atoms. The molecule has 0 saturated carbocycles. The maximum absolute atomic E-state index is 6.08. The van der Waals surface area contributed by atoms with Crippen LogP contribution < -0.4 is 0 Å². The van der Waals surface area contributed by atoms with E-state index in [1.165, 1.54) is 0 Å². The van der Waals surface area contributed by atoms with Crippen LogP contribution in [0.15, 0.2) is 73.0 Å². The summed E-state index contributed by atoms with van der Waals surface area (Å²) in [4.78, 5) is 0. The minimum Gasteiger partial charge on any atom is -0.496 e. The van der Waals surface area contributed by atoms with E-state index in [4.69, 9.17) is 14.2 Å². The van der Waals surface area contributed by atoms with Crippen molar-refractivity contribution in [3.05, 3.63) is 84.1 Å². The highest BCUT2D eigenvalue weighted by Crippen LogP contribution is 2.21. The Morgan fingerprint density at radius 1 is 0.826 bits per heavy atom. The molecule has 0 aliphatic carbocycles. The highest BCUT2D eigenvalue weighted by atomic mass is 16.6. The molecule has 120 valence electrons. The average Bonchev–Trinajstić information content (AvgIpc) is 2.61. The normalized spacial score (nSPS) is 23.4. The van der Waals surface area contributed by atoms with Crippen LogP contribution in [-0.2, 0) is 27.4 Å². The Balaban J connectivity index is 1.60. The van der Waals surface area contributed by atoms with E-state index in [2.05, 4.69) is 24.3 Å². The fourth-order valence-corrected chi connectivity index (χ4v) is 2.61. The number of benzene rings is 2. The molecule has 1 heterocycles. The van der Waals surface area contributed by atoms with E-state index in [1.807, 2.05) is 49.4 Å². The van der Waals surface area contributed by atoms with Crippen molar-refractivity contribution in [1.82, 2.24) is 0 Å². The van der Waals surface area contributed by atoms with Gasteiger partial charge in [-0.1, -0.05) is 60.7 Å². The molecule has 3 heteroatoms. The Labute approximate surface area is 137 Å². The zero-order valence-electron chi connectivity index (χ0n) is 13.3. The summed E-state index contributed by atoms with van der Waals surface area (Å²) in [5.74, 6) is 0. The average molecular weight is 310 g/mol. The molecule has 1 aliphatic rings. The molecule has 3 atom stereocenters. The summed E-state index contributed by atoms with van der Waals surface area (Å²) in [5, 5.41) is 0. The van der Waals surface area contributed by atoms with E-state index in [0.717, 1.165) is 11.1 Å². The topological polar surface area (TPSA) is 27.7 Å². The van der Waals surface area contributed by atoms with E-state index in [-0.39, 0.29) is 18.3 Å². The predicted molar refractivity (Wildman–Crippen MR) is 89.7 cm³/mol. The first kappa shape index (κ1) is 15.8. The van der Waals surface area contributed by atoms with E-state index < -0.39 is 0 Å². The molecule has 3 rings (SSSR count). The molecule has 0 amide bonds. The van der Waals surface area contributed by atoms with Crippen LogP contribution >= 0.6 is 0 Å². The molecule has 0 fully saturated rings. The number of hydrogen-bond acceptors (Lipinski definition) is 3. The molecule has 1 aliphatic heterocycles. The zero-order chi connectivity index (χ0) is 15.9. The number of hydrogen-bond donors (Lipinski definition) is 0. The fraction of sp³-hybridized carbons (Fsp3) is 0.300. The van der Waals surface area contributed by atoms with Crippen molar-refractivity contribution in [3.63, 3.8) is 0 Å². The van der Waals surface area contributed by atoms with E-state index in [1.54, 1.807) is 6.26 Å². The van der Waals surface area contributed by atoms with Crippen molar-refractivity contribution in [3.8, 4) is 0 Å².